The Kier molecular flexibility index (Phi) is 9.73. The Morgan fingerprint density at radius 3 is 2.92 bits per heavy atom. The second-order valence-electron chi connectivity index (χ2n) is 5.84. The third kappa shape index (κ3) is 7.55. The van der Waals surface area contributed by atoms with Crippen molar-refractivity contribution in [1.29, 1.82) is 0 Å². The number of hydrogen-bond donors (Lipinski definition) is 2. The molecule has 1 aromatic carbocycles. The standard InChI is InChI=1S/C17H25FN4O2.HI/c1-3-19-17(22(2)11-13-7-8-24-12-13)20-10-16(23)21-15-6-4-5-14(18)9-15;/h4-6,9,13H,3,7-8,10-12H2,1-2H3,(H,19,20)(H,21,23);1H. The van der Waals surface area contributed by atoms with Gasteiger partial charge in [-0.2, -0.15) is 0 Å². The molecule has 1 unspecified atom stereocenters. The topological polar surface area (TPSA) is 66.0 Å². The molecule has 140 valence electrons. The highest BCUT2D eigenvalue weighted by Gasteiger charge is 2.19. The molecule has 1 saturated heterocycles. The Morgan fingerprint density at radius 2 is 2.28 bits per heavy atom. The molecule has 1 fully saturated rings. The maximum Gasteiger partial charge on any atom is 0.246 e. The summed E-state index contributed by atoms with van der Waals surface area (Å²) in [5.41, 5.74) is 0.427. The second kappa shape index (κ2) is 11.2. The number of guanidine groups is 1. The van der Waals surface area contributed by atoms with Crippen LogP contribution in [0.15, 0.2) is 29.3 Å². The van der Waals surface area contributed by atoms with Crippen LogP contribution < -0.4 is 10.6 Å². The van der Waals surface area contributed by atoms with Crippen molar-refractivity contribution in [2.75, 3.05) is 45.2 Å². The summed E-state index contributed by atoms with van der Waals surface area (Å²) in [4.78, 5) is 18.4. The summed E-state index contributed by atoms with van der Waals surface area (Å²) in [6.07, 6.45) is 1.05. The smallest absolute Gasteiger partial charge is 0.246 e. The maximum atomic E-state index is 13.1. The summed E-state index contributed by atoms with van der Waals surface area (Å²) in [6, 6.07) is 5.80. The number of hydrogen-bond acceptors (Lipinski definition) is 3. The summed E-state index contributed by atoms with van der Waals surface area (Å²) in [5, 5.41) is 5.82. The molecule has 1 heterocycles. The van der Waals surface area contributed by atoms with Crippen molar-refractivity contribution in [3.63, 3.8) is 0 Å². The number of benzene rings is 1. The third-order valence-corrected chi connectivity index (χ3v) is 3.73. The molecular formula is C17H26FIN4O2. The monoisotopic (exact) mass is 464 g/mol. The van der Waals surface area contributed by atoms with Crippen LogP contribution in [0.1, 0.15) is 13.3 Å². The lowest BCUT2D eigenvalue weighted by Crippen LogP contribution is -2.42. The van der Waals surface area contributed by atoms with E-state index in [4.69, 9.17) is 4.74 Å². The van der Waals surface area contributed by atoms with Gasteiger partial charge in [0.2, 0.25) is 5.91 Å². The molecule has 0 radical (unpaired) electrons. The van der Waals surface area contributed by atoms with Crippen molar-refractivity contribution in [3.05, 3.63) is 30.1 Å². The van der Waals surface area contributed by atoms with Gasteiger partial charge in [-0.1, -0.05) is 6.07 Å². The average Bonchev–Trinajstić information content (AvgIpc) is 3.04. The van der Waals surface area contributed by atoms with E-state index in [1.807, 2.05) is 18.9 Å². The molecular weight excluding hydrogens is 438 g/mol. The predicted octanol–water partition coefficient (Wildman–Crippen LogP) is 2.32. The van der Waals surface area contributed by atoms with Crippen LogP contribution in [0.25, 0.3) is 0 Å². The summed E-state index contributed by atoms with van der Waals surface area (Å²) >= 11 is 0. The molecule has 1 aliphatic rings. The van der Waals surface area contributed by atoms with Crippen LogP contribution >= 0.6 is 24.0 Å². The van der Waals surface area contributed by atoms with Crippen LogP contribution in [0, 0.1) is 11.7 Å². The number of rotatable bonds is 6. The Hall–Kier alpha value is -1.42. The first-order valence-corrected chi connectivity index (χ1v) is 8.21. The second-order valence-corrected chi connectivity index (χ2v) is 5.84. The van der Waals surface area contributed by atoms with Crippen LogP contribution in [0.2, 0.25) is 0 Å². The lowest BCUT2D eigenvalue weighted by molar-refractivity contribution is -0.114. The minimum absolute atomic E-state index is 0. The molecule has 0 aromatic heterocycles. The van der Waals surface area contributed by atoms with Crippen molar-refractivity contribution < 1.29 is 13.9 Å². The van der Waals surface area contributed by atoms with E-state index in [1.54, 1.807) is 12.1 Å². The number of nitrogens with zero attached hydrogens (tertiary/aromatic N) is 2. The summed E-state index contributed by atoms with van der Waals surface area (Å²) in [6.45, 7) is 5.08. The largest absolute Gasteiger partial charge is 0.381 e. The van der Waals surface area contributed by atoms with E-state index in [0.29, 0.717) is 17.6 Å². The molecule has 8 heteroatoms. The zero-order valence-electron chi connectivity index (χ0n) is 14.6. The van der Waals surface area contributed by atoms with Gasteiger partial charge in [0, 0.05) is 38.3 Å². The zero-order chi connectivity index (χ0) is 17.4. The summed E-state index contributed by atoms with van der Waals surface area (Å²) in [7, 11) is 1.95. The molecule has 1 atom stereocenters. The SMILES string of the molecule is CCNC(=NCC(=O)Nc1cccc(F)c1)N(C)CC1CCOC1.I. The Morgan fingerprint density at radius 1 is 1.48 bits per heavy atom. The fraction of sp³-hybridized carbons (Fsp3) is 0.529. The lowest BCUT2D eigenvalue weighted by atomic mass is 10.1. The molecule has 0 saturated carbocycles. The Labute approximate surface area is 165 Å². The van der Waals surface area contributed by atoms with Crippen LogP contribution in [0.4, 0.5) is 10.1 Å². The molecule has 2 N–H and O–H groups in total. The molecule has 6 nitrogen and oxygen atoms in total. The fourth-order valence-electron chi connectivity index (χ4n) is 2.58. The molecule has 1 aliphatic heterocycles. The molecule has 25 heavy (non-hydrogen) atoms. The van der Waals surface area contributed by atoms with Crippen LogP contribution in [0.3, 0.4) is 0 Å². The Balaban J connectivity index is 0.00000312. The number of aliphatic imine (C=N–C) groups is 1. The van der Waals surface area contributed by atoms with Crippen molar-refractivity contribution in [3.8, 4) is 0 Å². The summed E-state index contributed by atoms with van der Waals surface area (Å²) in [5.74, 6) is 0.496. The van der Waals surface area contributed by atoms with E-state index in [1.165, 1.54) is 12.1 Å². The first-order valence-electron chi connectivity index (χ1n) is 8.21. The van der Waals surface area contributed by atoms with E-state index in [-0.39, 0.29) is 42.2 Å². The molecule has 1 aromatic rings. The van der Waals surface area contributed by atoms with Crippen LogP contribution in [0.5, 0.6) is 0 Å². The number of anilines is 1. The molecule has 0 bridgehead atoms. The van der Waals surface area contributed by atoms with Gasteiger partial charge in [-0.15, -0.1) is 24.0 Å². The van der Waals surface area contributed by atoms with Gasteiger partial charge in [0.05, 0.1) is 6.61 Å². The number of nitrogens with one attached hydrogen (secondary N) is 2. The van der Waals surface area contributed by atoms with E-state index in [2.05, 4.69) is 15.6 Å². The number of carbonyl (C=O) groups excluding carboxylic acids is 1. The van der Waals surface area contributed by atoms with Gasteiger partial charge in [0.25, 0.3) is 0 Å². The maximum absolute atomic E-state index is 13.1. The van der Waals surface area contributed by atoms with Crippen LogP contribution in [-0.4, -0.2) is 56.7 Å². The first-order chi connectivity index (χ1) is 11.6. The quantitative estimate of drug-likeness (QED) is 0.386. The van der Waals surface area contributed by atoms with E-state index >= 15 is 0 Å². The number of carbonyl (C=O) groups is 1. The van der Waals surface area contributed by atoms with Crippen molar-refractivity contribution in [1.82, 2.24) is 10.2 Å². The highest BCUT2D eigenvalue weighted by molar-refractivity contribution is 14.0. The minimum atomic E-state index is -0.386. The highest BCUT2D eigenvalue weighted by atomic mass is 127. The van der Waals surface area contributed by atoms with Gasteiger partial charge in [0.15, 0.2) is 5.96 Å². The van der Waals surface area contributed by atoms with Gasteiger partial charge in [-0.3, -0.25) is 4.79 Å². The van der Waals surface area contributed by atoms with Gasteiger partial charge in [-0.25, -0.2) is 9.38 Å². The van der Waals surface area contributed by atoms with Crippen molar-refractivity contribution in [2.24, 2.45) is 10.9 Å². The molecule has 0 aliphatic carbocycles. The Bertz CT molecular complexity index is 580. The average molecular weight is 464 g/mol. The van der Waals surface area contributed by atoms with E-state index in [0.717, 1.165) is 32.7 Å². The third-order valence-electron chi connectivity index (χ3n) is 3.73. The van der Waals surface area contributed by atoms with Crippen LogP contribution in [-0.2, 0) is 9.53 Å². The van der Waals surface area contributed by atoms with E-state index in [9.17, 15) is 9.18 Å². The van der Waals surface area contributed by atoms with Crippen molar-refractivity contribution >= 4 is 41.5 Å². The van der Waals surface area contributed by atoms with Gasteiger partial charge >= 0.3 is 0 Å². The first kappa shape index (κ1) is 21.6. The van der Waals surface area contributed by atoms with Gasteiger partial charge in [0.1, 0.15) is 12.4 Å². The normalized spacial score (nSPS) is 16.9. The molecule has 1 amide bonds. The van der Waals surface area contributed by atoms with Gasteiger partial charge < -0.3 is 20.3 Å². The number of amides is 1. The summed E-state index contributed by atoms with van der Waals surface area (Å²) < 4.78 is 18.5. The fourth-order valence-corrected chi connectivity index (χ4v) is 2.58. The van der Waals surface area contributed by atoms with Crippen molar-refractivity contribution in [2.45, 2.75) is 13.3 Å². The lowest BCUT2D eigenvalue weighted by Gasteiger charge is -2.24. The number of halogens is 2. The van der Waals surface area contributed by atoms with Gasteiger partial charge in [-0.05, 0) is 31.5 Å². The molecule has 0 spiro atoms. The predicted molar refractivity (Wildman–Crippen MR) is 108 cm³/mol. The number of ether oxygens (including phenoxy) is 1. The highest BCUT2D eigenvalue weighted by Crippen LogP contribution is 2.13. The van der Waals surface area contributed by atoms with E-state index < -0.39 is 0 Å². The zero-order valence-corrected chi connectivity index (χ0v) is 17.0. The molecule has 2 rings (SSSR count). The minimum Gasteiger partial charge on any atom is -0.381 e.